The van der Waals surface area contributed by atoms with E-state index in [0.29, 0.717) is 25.7 Å². The van der Waals surface area contributed by atoms with Gasteiger partial charge in [-0.15, -0.1) is 0 Å². The van der Waals surface area contributed by atoms with Crippen molar-refractivity contribution in [2.45, 2.75) is 52.1 Å². The number of likely N-dealkylation sites (N-methyl/N-ethyl adjacent to an activating group) is 1. The summed E-state index contributed by atoms with van der Waals surface area (Å²) in [7, 11) is 1.71. The Morgan fingerprint density at radius 3 is 2.48 bits per heavy atom. The van der Waals surface area contributed by atoms with Crippen LogP contribution in [0.25, 0.3) is 0 Å². The number of rotatable bonds is 11. The highest BCUT2D eigenvalue weighted by Gasteiger charge is 2.52. The molecule has 5 nitrogen and oxygen atoms in total. The topological polar surface area (TPSA) is 50.8 Å². The first-order valence-electron chi connectivity index (χ1n) is 8.16. The molecule has 0 aliphatic heterocycles. The average molecular weight is 300 g/mol. The zero-order chi connectivity index (χ0) is 15.9. The van der Waals surface area contributed by atoms with Crippen LogP contribution in [0.15, 0.2) is 0 Å². The smallest absolute Gasteiger partial charge is 0.327 e. The molecule has 21 heavy (non-hydrogen) atoms. The third kappa shape index (κ3) is 5.24. The zero-order valence-electron chi connectivity index (χ0n) is 14.3. The molecule has 0 radical (unpaired) electrons. The van der Waals surface area contributed by atoms with E-state index in [1.807, 2.05) is 6.92 Å². The van der Waals surface area contributed by atoms with Crippen LogP contribution in [-0.2, 0) is 14.3 Å². The maximum atomic E-state index is 12.7. The van der Waals surface area contributed by atoms with Crippen molar-refractivity contribution >= 4 is 5.97 Å². The molecule has 1 aliphatic rings. The number of esters is 1. The van der Waals surface area contributed by atoms with E-state index >= 15 is 0 Å². The van der Waals surface area contributed by atoms with Crippen molar-refractivity contribution in [3.8, 4) is 0 Å². The van der Waals surface area contributed by atoms with Crippen LogP contribution in [-0.4, -0.2) is 62.4 Å². The lowest BCUT2D eigenvalue weighted by molar-refractivity contribution is -0.154. The minimum Gasteiger partial charge on any atom is -0.465 e. The van der Waals surface area contributed by atoms with Gasteiger partial charge in [0.2, 0.25) is 0 Å². The van der Waals surface area contributed by atoms with E-state index in [1.54, 1.807) is 7.11 Å². The molecule has 0 amide bonds. The van der Waals surface area contributed by atoms with Crippen molar-refractivity contribution in [1.82, 2.24) is 10.2 Å². The third-order valence-electron chi connectivity index (χ3n) is 3.99. The quantitative estimate of drug-likeness (QED) is 0.588. The van der Waals surface area contributed by atoms with Crippen LogP contribution in [0.5, 0.6) is 0 Å². The van der Waals surface area contributed by atoms with Gasteiger partial charge in [0.05, 0.1) is 13.2 Å². The second-order valence-corrected chi connectivity index (χ2v) is 6.13. The van der Waals surface area contributed by atoms with Crippen molar-refractivity contribution in [3.63, 3.8) is 0 Å². The normalized spacial score (nSPS) is 18.0. The highest BCUT2D eigenvalue weighted by molar-refractivity contribution is 5.82. The maximum Gasteiger partial charge on any atom is 0.327 e. The molecular formula is C16H32N2O3. The molecule has 0 saturated heterocycles. The average Bonchev–Trinajstić information content (AvgIpc) is 3.26. The molecule has 124 valence electrons. The Bertz CT molecular complexity index is 319. The van der Waals surface area contributed by atoms with Gasteiger partial charge in [0.1, 0.15) is 5.54 Å². The van der Waals surface area contributed by atoms with Gasteiger partial charge in [-0.1, -0.05) is 6.92 Å². The number of hydrogen-bond acceptors (Lipinski definition) is 5. The third-order valence-corrected chi connectivity index (χ3v) is 3.99. The molecule has 0 aromatic rings. The van der Waals surface area contributed by atoms with E-state index in [1.165, 1.54) is 0 Å². The molecule has 1 unspecified atom stereocenters. The maximum absolute atomic E-state index is 12.7. The fourth-order valence-corrected chi connectivity index (χ4v) is 2.86. The summed E-state index contributed by atoms with van der Waals surface area (Å²) < 4.78 is 10.6. The molecule has 0 spiro atoms. The van der Waals surface area contributed by atoms with Gasteiger partial charge < -0.3 is 9.47 Å². The van der Waals surface area contributed by atoms with Gasteiger partial charge in [-0.2, -0.15) is 0 Å². The fourth-order valence-electron chi connectivity index (χ4n) is 2.86. The standard InChI is InChI=1S/C16H32N2O3/c1-6-18(10-11-20-5)12-16(14-8-9-14,17-13(3)4)15(19)21-7-2/h13-14,17H,6-12H2,1-5H3. The number of hydrogen-bond donors (Lipinski definition) is 1. The molecule has 0 bridgehead atoms. The second-order valence-electron chi connectivity index (χ2n) is 6.13. The summed E-state index contributed by atoms with van der Waals surface area (Å²) in [4.78, 5) is 14.9. The van der Waals surface area contributed by atoms with Gasteiger partial charge >= 0.3 is 5.97 Å². The van der Waals surface area contributed by atoms with Crippen molar-refractivity contribution < 1.29 is 14.3 Å². The largest absolute Gasteiger partial charge is 0.465 e. The number of methoxy groups -OCH3 is 1. The zero-order valence-corrected chi connectivity index (χ0v) is 14.3. The number of carbonyl (C=O) groups excluding carboxylic acids is 1. The van der Waals surface area contributed by atoms with Crippen molar-refractivity contribution in [1.29, 1.82) is 0 Å². The molecule has 1 saturated carbocycles. The summed E-state index contributed by atoms with van der Waals surface area (Å²) in [6, 6.07) is 0.246. The fraction of sp³-hybridized carbons (Fsp3) is 0.938. The molecule has 1 rings (SSSR count). The first-order valence-corrected chi connectivity index (χ1v) is 8.16. The molecule has 1 fully saturated rings. The Kier molecular flexibility index (Phi) is 7.63. The molecule has 1 aliphatic carbocycles. The predicted octanol–water partition coefficient (Wildman–Crippen LogP) is 1.66. The Morgan fingerprint density at radius 1 is 1.38 bits per heavy atom. The monoisotopic (exact) mass is 300 g/mol. The van der Waals surface area contributed by atoms with Crippen LogP contribution in [0.4, 0.5) is 0 Å². The molecule has 0 aromatic heterocycles. The van der Waals surface area contributed by atoms with Crippen molar-refractivity contribution in [2.24, 2.45) is 5.92 Å². The molecule has 1 N–H and O–H groups in total. The number of ether oxygens (including phenoxy) is 2. The lowest BCUT2D eigenvalue weighted by Gasteiger charge is -2.38. The van der Waals surface area contributed by atoms with Crippen LogP contribution in [0, 0.1) is 5.92 Å². The van der Waals surface area contributed by atoms with E-state index in [-0.39, 0.29) is 12.0 Å². The van der Waals surface area contributed by atoms with E-state index in [0.717, 1.165) is 25.9 Å². The van der Waals surface area contributed by atoms with E-state index < -0.39 is 5.54 Å². The van der Waals surface area contributed by atoms with Gasteiger partial charge in [-0.05, 0) is 46.1 Å². The van der Waals surface area contributed by atoms with Crippen molar-refractivity contribution in [3.05, 3.63) is 0 Å². The van der Waals surface area contributed by atoms with E-state index in [9.17, 15) is 4.79 Å². The Morgan fingerprint density at radius 2 is 2.05 bits per heavy atom. The molecule has 5 heteroatoms. The Hall–Kier alpha value is -0.650. The van der Waals surface area contributed by atoms with Crippen LogP contribution in [0.3, 0.4) is 0 Å². The second kappa shape index (κ2) is 8.71. The first kappa shape index (κ1) is 18.4. The summed E-state index contributed by atoms with van der Waals surface area (Å²) in [6.07, 6.45) is 2.20. The number of carbonyl (C=O) groups is 1. The van der Waals surface area contributed by atoms with Crippen LogP contribution in [0.2, 0.25) is 0 Å². The molecule has 0 aromatic carbocycles. The van der Waals surface area contributed by atoms with Crippen molar-refractivity contribution in [2.75, 3.05) is 40.0 Å². The molecule has 0 heterocycles. The van der Waals surface area contributed by atoms with Crippen LogP contribution in [0.1, 0.15) is 40.5 Å². The Balaban J connectivity index is 2.89. The van der Waals surface area contributed by atoms with E-state index in [2.05, 4.69) is 31.0 Å². The lowest BCUT2D eigenvalue weighted by atomic mass is 9.91. The molecule has 1 atom stereocenters. The highest BCUT2D eigenvalue weighted by Crippen LogP contribution is 2.41. The minimum absolute atomic E-state index is 0.0999. The SMILES string of the molecule is CCOC(=O)C(CN(CC)CCOC)(NC(C)C)C1CC1. The van der Waals surface area contributed by atoms with Gasteiger partial charge in [0.25, 0.3) is 0 Å². The summed E-state index contributed by atoms with van der Waals surface area (Å²) in [5.41, 5.74) is -0.575. The summed E-state index contributed by atoms with van der Waals surface area (Å²) in [5.74, 6) is 0.285. The summed E-state index contributed by atoms with van der Waals surface area (Å²) in [6.45, 7) is 11.7. The lowest BCUT2D eigenvalue weighted by Crippen LogP contribution is -2.63. The van der Waals surface area contributed by atoms with Gasteiger partial charge in [0, 0.05) is 26.2 Å². The minimum atomic E-state index is -0.575. The Labute approximate surface area is 129 Å². The summed E-state index contributed by atoms with van der Waals surface area (Å²) in [5, 5.41) is 3.52. The number of nitrogens with zero attached hydrogens (tertiary/aromatic N) is 1. The highest BCUT2D eigenvalue weighted by atomic mass is 16.5. The van der Waals surface area contributed by atoms with Crippen LogP contribution >= 0.6 is 0 Å². The molecular weight excluding hydrogens is 268 g/mol. The van der Waals surface area contributed by atoms with Gasteiger partial charge in [-0.25, -0.2) is 4.79 Å². The predicted molar refractivity (Wildman–Crippen MR) is 84.3 cm³/mol. The first-order chi connectivity index (χ1) is 10.00. The van der Waals surface area contributed by atoms with Crippen LogP contribution < -0.4 is 5.32 Å². The summed E-state index contributed by atoms with van der Waals surface area (Å²) >= 11 is 0. The van der Waals surface area contributed by atoms with Gasteiger partial charge in [0.15, 0.2) is 0 Å². The number of nitrogens with one attached hydrogen (secondary N) is 1. The van der Waals surface area contributed by atoms with E-state index in [4.69, 9.17) is 9.47 Å². The van der Waals surface area contributed by atoms with Gasteiger partial charge in [-0.3, -0.25) is 10.2 Å².